The highest BCUT2D eigenvalue weighted by atomic mass is 16.1. The largest absolute Gasteiger partial charge is 0.360 e. The lowest BCUT2D eigenvalue weighted by molar-refractivity contribution is 1.33. The fourth-order valence-corrected chi connectivity index (χ4v) is 2.57. The van der Waals surface area contributed by atoms with Gasteiger partial charge in [0.15, 0.2) is 5.43 Å². The second kappa shape index (κ2) is 4.56. The van der Waals surface area contributed by atoms with E-state index in [9.17, 15) is 4.79 Å². The molecule has 2 aromatic heterocycles. The first-order valence-electron chi connectivity index (χ1n) is 6.79. The topological polar surface area (TPSA) is 45.8 Å². The molecule has 0 saturated carbocycles. The van der Waals surface area contributed by atoms with E-state index >= 15 is 0 Å². The van der Waals surface area contributed by atoms with Gasteiger partial charge >= 0.3 is 0 Å². The highest BCUT2D eigenvalue weighted by Crippen LogP contribution is 2.19. The van der Waals surface area contributed by atoms with Gasteiger partial charge in [0.05, 0.1) is 16.8 Å². The summed E-state index contributed by atoms with van der Waals surface area (Å²) >= 11 is 0. The van der Waals surface area contributed by atoms with Crippen LogP contribution >= 0.6 is 0 Å². The number of fused-ring (bicyclic) bond motifs is 2. The summed E-state index contributed by atoms with van der Waals surface area (Å²) in [5, 5.41) is 1.75. The van der Waals surface area contributed by atoms with Gasteiger partial charge in [0.2, 0.25) is 0 Å². The molecule has 4 rings (SSSR count). The molecule has 0 aliphatic carbocycles. The molecule has 0 aliphatic heterocycles. The van der Waals surface area contributed by atoms with Gasteiger partial charge in [0.25, 0.3) is 0 Å². The molecule has 3 heteroatoms. The summed E-state index contributed by atoms with van der Waals surface area (Å²) in [7, 11) is 0. The van der Waals surface area contributed by atoms with Crippen molar-refractivity contribution in [2.24, 2.45) is 0 Å². The van der Waals surface area contributed by atoms with Crippen molar-refractivity contribution in [2.75, 3.05) is 0 Å². The summed E-state index contributed by atoms with van der Waals surface area (Å²) in [6, 6.07) is 19.3. The van der Waals surface area contributed by atoms with E-state index < -0.39 is 0 Å². The smallest absolute Gasteiger partial charge is 0.198 e. The second-order valence-corrected chi connectivity index (χ2v) is 4.97. The molecular formula is C18H12N2O. The van der Waals surface area contributed by atoms with Crippen LogP contribution in [0, 0.1) is 0 Å². The molecule has 0 spiro atoms. The zero-order chi connectivity index (χ0) is 14.2. The molecule has 2 aromatic carbocycles. The lowest BCUT2D eigenvalue weighted by atomic mass is 10.1. The van der Waals surface area contributed by atoms with Crippen LogP contribution in [0.2, 0.25) is 0 Å². The molecule has 21 heavy (non-hydrogen) atoms. The highest BCUT2D eigenvalue weighted by molar-refractivity contribution is 5.85. The summed E-state index contributed by atoms with van der Waals surface area (Å²) in [4.78, 5) is 20.4. The molecule has 0 fully saturated rings. The van der Waals surface area contributed by atoms with Crippen LogP contribution < -0.4 is 5.43 Å². The Morgan fingerprint density at radius 2 is 1.67 bits per heavy atom. The molecule has 4 aromatic rings. The van der Waals surface area contributed by atoms with E-state index in [2.05, 4.69) is 9.97 Å². The second-order valence-electron chi connectivity index (χ2n) is 4.97. The Morgan fingerprint density at radius 1 is 0.857 bits per heavy atom. The number of aromatic amines is 1. The van der Waals surface area contributed by atoms with Gasteiger partial charge in [0, 0.05) is 22.5 Å². The third-order valence-electron chi connectivity index (χ3n) is 3.66. The van der Waals surface area contributed by atoms with E-state index in [1.165, 1.54) is 0 Å². The summed E-state index contributed by atoms with van der Waals surface area (Å²) in [5.41, 5.74) is 3.03. The van der Waals surface area contributed by atoms with Crippen molar-refractivity contribution >= 4 is 21.8 Å². The molecule has 2 heterocycles. The van der Waals surface area contributed by atoms with E-state index in [1.807, 2.05) is 60.7 Å². The number of nitrogens with zero attached hydrogens (tertiary/aromatic N) is 1. The van der Waals surface area contributed by atoms with E-state index in [-0.39, 0.29) is 5.43 Å². The Morgan fingerprint density at radius 3 is 2.62 bits per heavy atom. The summed E-state index contributed by atoms with van der Waals surface area (Å²) in [6.07, 6.45) is 1.74. The first-order valence-corrected chi connectivity index (χ1v) is 6.79. The van der Waals surface area contributed by atoms with Crippen LogP contribution in [0.4, 0.5) is 0 Å². The molecule has 0 radical (unpaired) electrons. The molecule has 3 nitrogen and oxygen atoms in total. The molecule has 1 N–H and O–H groups in total. The fraction of sp³-hybridized carbons (Fsp3) is 0. The third kappa shape index (κ3) is 1.91. The molecule has 0 amide bonds. The quantitative estimate of drug-likeness (QED) is 0.573. The number of rotatable bonds is 1. The SMILES string of the molecule is O=c1c(-c2ccc3ccccc3n2)c[nH]c2ccccc12. The predicted octanol–water partition coefficient (Wildman–Crippen LogP) is 3.74. The Kier molecular flexibility index (Phi) is 2.57. The molecule has 0 atom stereocenters. The average Bonchev–Trinajstić information content (AvgIpc) is 2.55. The van der Waals surface area contributed by atoms with Crippen LogP contribution in [0.3, 0.4) is 0 Å². The van der Waals surface area contributed by atoms with Crippen molar-refractivity contribution in [1.29, 1.82) is 0 Å². The van der Waals surface area contributed by atoms with Gasteiger partial charge in [-0.2, -0.15) is 0 Å². The molecule has 0 bridgehead atoms. The Balaban J connectivity index is 2.00. The predicted molar refractivity (Wildman–Crippen MR) is 85.3 cm³/mol. The van der Waals surface area contributed by atoms with Gasteiger partial charge in [-0.3, -0.25) is 4.79 Å². The molecule has 0 saturated heterocycles. The summed E-state index contributed by atoms with van der Waals surface area (Å²) in [6.45, 7) is 0. The number of aromatic nitrogens is 2. The summed E-state index contributed by atoms with van der Waals surface area (Å²) < 4.78 is 0. The fourth-order valence-electron chi connectivity index (χ4n) is 2.57. The number of benzene rings is 2. The minimum Gasteiger partial charge on any atom is -0.360 e. The zero-order valence-electron chi connectivity index (χ0n) is 11.2. The first-order chi connectivity index (χ1) is 10.3. The van der Waals surface area contributed by atoms with Gasteiger partial charge in [-0.15, -0.1) is 0 Å². The van der Waals surface area contributed by atoms with E-state index in [0.29, 0.717) is 16.6 Å². The lowest BCUT2D eigenvalue weighted by Crippen LogP contribution is -2.07. The van der Waals surface area contributed by atoms with Crippen LogP contribution in [-0.4, -0.2) is 9.97 Å². The van der Waals surface area contributed by atoms with E-state index in [4.69, 9.17) is 0 Å². The normalized spacial score (nSPS) is 11.0. The van der Waals surface area contributed by atoms with Crippen molar-refractivity contribution in [3.05, 3.63) is 77.1 Å². The number of para-hydroxylation sites is 2. The monoisotopic (exact) mass is 272 g/mol. The number of hydrogen-bond acceptors (Lipinski definition) is 2. The van der Waals surface area contributed by atoms with E-state index in [1.54, 1.807) is 6.20 Å². The lowest BCUT2D eigenvalue weighted by Gasteiger charge is -2.04. The molecule has 0 aliphatic rings. The van der Waals surface area contributed by atoms with Gasteiger partial charge in [-0.25, -0.2) is 4.98 Å². The highest BCUT2D eigenvalue weighted by Gasteiger charge is 2.08. The Hall–Kier alpha value is -2.94. The number of hydrogen-bond donors (Lipinski definition) is 1. The van der Waals surface area contributed by atoms with Crippen molar-refractivity contribution in [1.82, 2.24) is 9.97 Å². The van der Waals surface area contributed by atoms with E-state index in [0.717, 1.165) is 16.4 Å². The van der Waals surface area contributed by atoms with Crippen LogP contribution in [-0.2, 0) is 0 Å². The van der Waals surface area contributed by atoms with Crippen molar-refractivity contribution < 1.29 is 0 Å². The molecule has 0 unspecified atom stereocenters. The minimum atomic E-state index is 0.00660. The zero-order valence-corrected chi connectivity index (χ0v) is 11.2. The molecule has 100 valence electrons. The van der Waals surface area contributed by atoms with Crippen molar-refractivity contribution in [3.63, 3.8) is 0 Å². The standard InChI is InChI=1S/C18H12N2O/c21-18-13-6-2-4-8-16(13)19-11-14(18)17-10-9-12-5-1-3-7-15(12)20-17/h1-11H,(H,19,21). The van der Waals surface area contributed by atoms with Crippen LogP contribution in [0.1, 0.15) is 0 Å². The maximum Gasteiger partial charge on any atom is 0.198 e. The summed E-state index contributed by atoms with van der Waals surface area (Å²) in [5.74, 6) is 0. The van der Waals surface area contributed by atoms with Crippen molar-refractivity contribution in [2.45, 2.75) is 0 Å². The first kappa shape index (κ1) is 11.9. The minimum absolute atomic E-state index is 0.00660. The van der Waals surface area contributed by atoms with Crippen molar-refractivity contribution in [3.8, 4) is 11.3 Å². The van der Waals surface area contributed by atoms with Gasteiger partial charge in [-0.05, 0) is 24.3 Å². The number of pyridine rings is 2. The van der Waals surface area contributed by atoms with Gasteiger partial charge in [0.1, 0.15) is 0 Å². The third-order valence-corrected chi connectivity index (χ3v) is 3.66. The van der Waals surface area contributed by atoms with Crippen LogP contribution in [0.15, 0.2) is 71.7 Å². The number of nitrogens with one attached hydrogen (secondary N) is 1. The Bertz CT molecular complexity index is 1020. The van der Waals surface area contributed by atoms with Crippen LogP contribution in [0.25, 0.3) is 33.1 Å². The van der Waals surface area contributed by atoms with Gasteiger partial charge < -0.3 is 4.98 Å². The molecular weight excluding hydrogens is 260 g/mol. The van der Waals surface area contributed by atoms with Gasteiger partial charge in [-0.1, -0.05) is 36.4 Å². The average molecular weight is 272 g/mol. The Labute approximate surface area is 120 Å². The van der Waals surface area contributed by atoms with Crippen LogP contribution in [0.5, 0.6) is 0 Å². The maximum absolute atomic E-state index is 12.6. The maximum atomic E-state index is 12.6. The number of H-pyrrole nitrogens is 1.